The highest BCUT2D eigenvalue weighted by atomic mass is 32.2. The lowest BCUT2D eigenvalue weighted by Gasteiger charge is -1.98. The molecule has 0 saturated carbocycles. The molecule has 0 unspecified atom stereocenters. The Labute approximate surface area is 115 Å². The summed E-state index contributed by atoms with van der Waals surface area (Å²) in [5, 5.41) is 5.80. The number of aromatic amines is 1. The van der Waals surface area contributed by atoms with Crippen molar-refractivity contribution in [3.8, 4) is 0 Å². The fraction of sp³-hybridized carbons (Fsp3) is 0.250. The first-order valence-corrected chi connectivity index (χ1v) is 7.73. The van der Waals surface area contributed by atoms with E-state index in [1.54, 1.807) is 0 Å². The van der Waals surface area contributed by atoms with Crippen molar-refractivity contribution in [2.24, 2.45) is 0 Å². The summed E-state index contributed by atoms with van der Waals surface area (Å²) in [6, 6.07) is 7.43. The normalized spacial score (nSPS) is 12.0. The zero-order valence-electron chi connectivity index (χ0n) is 10.5. The minimum Gasteiger partial charge on any atom is -0.441 e. The lowest BCUT2D eigenvalue weighted by Crippen LogP contribution is -2.09. The minimum absolute atomic E-state index is 0.0269. The molecule has 1 aromatic carbocycles. The molecule has 0 amide bonds. The maximum absolute atomic E-state index is 11.9. The topological polar surface area (TPSA) is 102 Å². The van der Waals surface area contributed by atoms with Gasteiger partial charge < -0.3 is 4.42 Å². The summed E-state index contributed by atoms with van der Waals surface area (Å²) in [5.74, 6) is 0.514. The standard InChI is InChI=1S/C12H12N4O3S/c17-20(18,12-13-8-14-16-12)7-3-6-11-15-9-4-1-2-5-10(9)19-11/h1-2,4-5,8H,3,6-7H2,(H,13,14,16). The number of nitrogens with zero attached hydrogens (tertiary/aromatic N) is 3. The molecule has 0 radical (unpaired) electrons. The monoisotopic (exact) mass is 292 g/mol. The van der Waals surface area contributed by atoms with E-state index in [1.807, 2.05) is 24.3 Å². The Morgan fingerprint density at radius 2 is 2.10 bits per heavy atom. The summed E-state index contributed by atoms with van der Waals surface area (Å²) >= 11 is 0. The second kappa shape index (κ2) is 5.04. The zero-order valence-corrected chi connectivity index (χ0v) is 11.3. The number of oxazole rings is 1. The molecular weight excluding hydrogens is 280 g/mol. The number of hydrogen-bond acceptors (Lipinski definition) is 6. The molecule has 20 heavy (non-hydrogen) atoms. The van der Waals surface area contributed by atoms with Gasteiger partial charge in [0.15, 0.2) is 11.5 Å². The summed E-state index contributed by atoms with van der Waals surface area (Å²) in [6.07, 6.45) is 2.05. The smallest absolute Gasteiger partial charge is 0.242 e. The van der Waals surface area contributed by atoms with Crippen LogP contribution < -0.4 is 0 Å². The SMILES string of the molecule is O=S(=O)(CCCc1nc2ccccc2o1)c1ncn[nH]1. The second-order valence-electron chi connectivity index (χ2n) is 4.29. The van der Waals surface area contributed by atoms with E-state index in [9.17, 15) is 8.42 Å². The van der Waals surface area contributed by atoms with E-state index in [4.69, 9.17) is 4.42 Å². The molecule has 0 atom stereocenters. The lowest BCUT2D eigenvalue weighted by molar-refractivity contribution is 0.523. The highest BCUT2D eigenvalue weighted by Crippen LogP contribution is 2.16. The maximum Gasteiger partial charge on any atom is 0.242 e. The number of rotatable bonds is 5. The van der Waals surface area contributed by atoms with Crippen molar-refractivity contribution in [2.45, 2.75) is 18.0 Å². The molecule has 0 bridgehead atoms. The van der Waals surface area contributed by atoms with E-state index in [0.717, 1.165) is 5.52 Å². The number of para-hydroxylation sites is 2. The van der Waals surface area contributed by atoms with E-state index in [0.29, 0.717) is 24.3 Å². The molecule has 3 rings (SSSR count). The Kier molecular flexibility index (Phi) is 3.23. The summed E-state index contributed by atoms with van der Waals surface area (Å²) in [7, 11) is -3.42. The molecule has 2 heterocycles. The molecule has 0 fully saturated rings. The van der Waals surface area contributed by atoms with Crippen molar-refractivity contribution < 1.29 is 12.8 Å². The van der Waals surface area contributed by atoms with Crippen molar-refractivity contribution in [3.63, 3.8) is 0 Å². The number of sulfone groups is 1. The van der Waals surface area contributed by atoms with Gasteiger partial charge in [-0.05, 0) is 18.6 Å². The molecule has 0 spiro atoms. The van der Waals surface area contributed by atoms with Crippen LogP contribution in [0.5, 0.6) is 0 Å². The third kappa shape index (κ3) is 2.55. The van der Waals surface area contributed by atoms with E-state index >= 15 is 0 Å². The lowest BCUT2D eigenvalue weighted by atomic mass is 10.3. The summed E-state index contributed by atoms with van der Waals surface area (Å²) in [4.78, 5) is 7.95. The van der Waals surface area contributed by atoms with Gasteiger partial charge in [-0.2, -0.15) is 5.10 Å². The van der Waals surface area contributed by atoms with Crippen LogP contribution in [0.1, 0.15) is 12.3 Å². The largest absolute Gasteiger partial charge is 0.441 e. The molecule has 0 saturated heterocycles. The molecule has 3 aromatic rings. The number of aryl methyl sites for hydroxylation is 1. The predicted octanol–water partition coefficient (Wildman–Crippen LogP) is 1.35. The average molecular weight is 292 g/mol. The summed E-state index contributed by atoms with van der Waals surface area (Å²) < 4.78 is 29.3. The van der Waals surface area contributed by atoms with Gasteiger partial charge >= 0.3 is 0 Å². The first kappa shape index (κ1) is 12.8. The van der Waals surface area contributed by atoms with Crippen molar-refractivity contribution in [1.29, 1.82) is 0 Å². The van der Waals surface area contributed by atoms with Crippen LogP contribution in [0.4, 0.5) is 0 Å². The molecule has 1 N–H and O–H groups in total. The van der Waals surface area contributed by atoms with Gasteiger partial charge in [-0.15, -0.1) is 0 Å². The molecule has 0 aliphatic rings. The molecule has 0 aliphatic carbocycles. The van der Waals surface area contributed by atoms with E-state index < -0.39 is 9.84 Å². The van der Waals surface area contributed by atoms with Gasteiger partial charge in [-0.25, -0.2) is 18.4 Å². The average Bonchev–Trinajstić information content (AvgIpc) is 3.07. The molecule has 8 heteroatoms. The minimum atomic E-state index is -3.42. The Balaban J connectivity index is 1.65. The Hall–Kier alpha value is -2.22. The van der Waals surface area contributed by atoms with E-state index in [2.05, 4.69) is 20.2 Å². The zero-order chi connectivity index (χ0) is 14.0. The molecule has 104 valence electrons. The van der Waals surface area contributed by atoms with Crippen molar-refractivity contribution in [2.75, 3.05) is 5.75 Å². The van der Waals surface area contributed by atoms with Gasteiger partial charge in [0.2, 0.25) is 15.0 Å². The number of benzene rings is 1. The third-order valence-corrected chi connectivity index (χ3v) is 4.44. The highest BCUT2D eigenvalue weighted by molar-refractivity contribution is 7.91. The van der Waals surface area contributed by atoms with Gasteiger partial charge in [-0.3, -0.25) is 5.10 Å². The first-order valence-electron chi connectivity index (χ1n) is 6.08. The van der Waals surface area contributed by atoms with Crippen molar-refractivity contribution >= 4 is 20.9 Å². The van der Waals surface area contributed by atoms with Gasteiger partial charge in [0, 0.05) is 6.42 Å². The van der Waals surface area contributed by atoms with Gasteiger partial charge in [0.25, 0.3) is 0 Å². The van der Waals surface area contributed by atoms with Crippen LogP contribution in [0.15, 0.2) is 40.2 Å². The molecule has 7 nitrogen and oxygen atoms in total. The Morgan fingerprint density at radius 3 is 2.85 bits per heavy atom. The predicted molar refractivity (Wildman–Crippen MR) is 70.8 cm³/mol. The van der Waals surface area contributed by atoms with Crippen LogP contribution >= 0.6 is 0 Å². The number of aromatic nitrogens is 4. The molecular formula is C12H12N4O3S. The summed E-state index contributed by atoms with van der Waals surface area (Å²) in [6.45, 7) is 0. The quantitative estimate of drug-likeness (QED) is 0.761. The maximum atomic E-state index is 11.9. The van der Waals surface area contributed by atoms with E-state index in [-0.39, 0.29) is 10.9 Å². The highest BCUT2D eigenvalue weighted by Gasteiger charge is 2.17. The van der Waals surface area contributed by atoms with Crippen LogP contribution in [-0.4, -0.2) is 34.3 Å². The van der Waals surface area contributed by atoms with Crippen LogP contribution in [0.25, 0.3) is 11.1 Å². The number of fused-ring (bicyclic) bond motifs is 1. The van der Waals surface area contributed by atoms with Gasteiger partial charge in [0.1, 0.15) is 11.8 Å². The van der Waals surface area contributed by atoms with Gasteiger partial charge in [-0.1, -0.05) is 12.1 Å². The van der Waals surface area contributed by atoms with E-state index in [1.165, 1.54) is 6.33 Å². The summed E-state index contributed by atoms with van der Waals surface area (Å²) in [5.41, 5.74) is 1.49. The van der Waals surface area contributed by atoms with Crippen LogP contribution in [0.2, 0.25) is 0 Å². The molecule has 2 aromatic heterocycles. The second-order valence-corrected chi connectivity index (χ2v) is 6.31. The fourth-order valence-electron chi connectivity index (χ4n) is 1.88. The first-order chi connectivity index (χ1) is 9.65. The molecule has 0 aliphatic heterocycles. The third-order valence-electron chi connectivity index (χ3n) is 2.83. The van der Waals surface area contributed by atoms with Crippen molar-refractivity contribution in [1.82, 2.24) is 20.2 Å². The van der Waals surface area contributed by atoms with Crippen LogP contribution in [0, 0.1) is 0 Å². The van der Waals surface area contributed by atoms with Gasteiger partial charge in [0.05, 0.1) is 5.75 Å². The fourth-order valence-corrected chi connectivity index (χ4v) is 3.00. The number of H-pyrrole nitrogens is 1. The van der Waals surface area contributed by atoms with Crippen LogP contribution in [0.3, 0.4) is 0 Å². The Bertz CT molecular complexity index is 775. The Morgan fingerprint density at radius 1 is 1.25 bits per heavy atom. The van der Waals surface area contributed by atoms with Crippen LogP contribution in [-0.2, 0) is 16.3 Å². The number of hydrogen-bond donors (Lipinski definition) is 1. The number of nitrogens with one attached hydrogen (secondary N) is 1. The van der Waals surface area contributed by atoms with Crippen molar-refractivity contribution in [3.05, 3.63) is 36.5 Å².